The van der Waals surface area contributed by atoms with Gasteiger partial charge >= 0.3 is 6.03 Å². The molecular weight excluding hydrogens is 374 g/mol. The van der Waals surface area contributed by atoms with Crippen LogP contribution in [0.15, 0.2) is 48.5 Å². The van der Waals surface area contributed by atoms with Crippen molar-refractivity contribution >= 4 is 34.1 Å². The van der Waals surface area contributed by atoms with Gasteiger partial charge in [0.15, 0.2) is 0 Å². The molecule has 0 saturated heterocycles. The number of benzene rings is 2. The van der Waals surface area contributed by atoms with Gasteiger partial charge in [0.05, 0.1) is 6.42 Å². The molecule has 28 heavy (non-hydrogen) atoms. The highest BCUT2D eigenvalue weighted by molar-refractivity contribution is 7.15. The quantitative estimate of drug-likeness (QED) is 0.593. The predicted molar refractivity (Wildman–Crippen MR) is 110 cm³/mol. The fourth-order valence-electron chi connectivity index (χ4n) is 2.51. The summed E-state index contributed by atoms with van der Waals surface area (Å²) in [6.45, 7) is 4.39. The zero-order valence-corrected chi connectivity index (χ0v) is 16.5. The van der Waals surface area contributed by atoms with E-state index in [0.717, 1.165) is 22.4 Å². The molecule has 0 aliphatic rings. The average molecular weight is 395 g/mol. The lowest BCUT2D eigenvalue weighted by molar-refractivity contribution is -0.120. The molecular formula is C20H21N5O2S. The van der Waals surface area contributed by atoms with Gasteiger partial charge in [-0.15, -0.1) is 10.2 Å². The third-order valence-electron chi connectivity index (χ3n) is 4.18. The van der Waals surface area contributed by atoms with Crippen molar-refractivity contribution in [2.24, 2.45) is 0 Å². The van der Waals surface area contributed by atoms with Crippen molar-refractivity contribution in [2.75, 3.05) is 10.6 Å². The molecule has 0 radical (unpaired) electrons. The number of nitrogens with one attached hydrogen (secondary N) is 3. The lowest BCUT2D eigenvalue weighted by atomic mass is 10.1. The Kier molecular flexibility index (Phi) is 6.33. The van der Waals surface area contributed by atoms with E-state index >= 15 is 0 Å². The topological polar surface area (TPSA) is 96.0 Å². The molecule has 1 aromatic heterocycles. The summed E-state index contributed by atoms with van der Waals surface area (Å²) in [4.78, 5) is 24.2. The minimum absolute atomic E-state index is 0.116. The van der Waals surface area contributed by atoms with E-state index in [4.69, 9.17) is 0 Å². The van der Waals surface area contributed by atoms with Gasteiger partial charge in [-0.05, 0) is 36.6 Å². The lowest BCUT2D eigenvalue weighted by Crippen LogP contribution is -2.24. The second-order valence-electron chi connectivity index (χ2n) is 6.27. The Bertz CT molecular complexity index is 972. The van der Waals surface area contributed by atoms with Crippen LogP contribution in [-0.2, 0) is 17.8 Å². The number of urea groups is 1. The maximum atomic E-state index is 12.2. The molecule has 3 amide bonds. The van der Waals surface area contributed by atoms with Gasteiger partial charge in [0, 0.05) is 12.2 Å². The number of nitrogens with zero attached hydrogens (tertiary/aromatic N) is 2. The first-order valence-corrected chi connectivity index (χ1v) is 9.60. The first kappa shape index (κ1) is 19.5. The highest BCUT2D eigenvalue weighted by Gasteiger charge is 2.12. The summed E-state index contributed by atoms with van der Waals surface area (Å²) in [5.41, 5.74) is 3.87. The normalized spacial score (nSPS) is 10.4. The maximum absolute atomic E-state index is 12.2. The number of rotatable bonds is 6. The summed E-state index contributed by atoms with van der Waals surface area (Å²) in [7, 11) is 0. The smallest absolute Gasteiger partial charge is 0.325 e. The van der Waals surface area contributed by atoms with Gasteiger partial charge in [0.2, 0.25) is 11.0 Å². The zero-order valence-electron chi connectivity index (χ0n) is 15.7. The summed E-state index contributed by atoms with van der Waals surface area (Å²) < 4.78 is 0. The Morgan fingerprint density at radius 1 is 0.964 bits per heavy atom. The molecule has 0 spiro atoms. The first-order valence-electron chi connectivity index (χ1n) is 8.78. The van der Waals surface area contributed by atoms with Crippen LogP contribution in [0.2, 0.25) is 0 Å². The Labute approximate surface area is 167 Å². The molecule has 2 aromatic carbocycles. The maximum Gasteiger partial charge on any atom is 0.325 e. The average Bonchev–Trinajstić information content (AvgIpc) is 3.11. The molecule has 0 saturated carbocycles. The summed E-state index contributed by atoms with van der Waals surface area (Å²) in [6.07, 6.45) is 0.116. The molecule has 7 nitrogen and oxygen atoms in total. The van der Waals surface area contributed by atoms with E-state index in [1.54, 1.807) is 0 Å². The van der Waals surface area contributed by atoms with Gasteiger partial charge < -0.3 is 10.6 Å². The van der Waals surface area contributed by atoms with Crippen LogP contribution in [0.1, 0.15) is 21.7 Å². The van der Waals surface area contributed by atoms with Gasteiger partial charge in [0.1, 0.15) is 5.01 Å². The van der Waals surface area contributed by atoms with Crippen molar-refractivity contribution in [3.05, 3.63) is 70.2 Å². The number of anilines is 2. The van der Waals surface area contributed by atoms with Crippen LogP contribution in [-0.4, -0.2) is 22.1 Å². The number of carbonyl (C=O) groups is 2. The second kappa shape index (κ2) is 9.09. The largest absolute Gasteiger partial charge is 0.352 e. The van der Waals surface area contributed by atoms with Gasteiger partial charge in [-0.25, -0.2) is 4.79 Å². The summed E-state index contributed by atoms with van der Waals surface area (Å²) in [6, 6.07) is 15.0. The fraction of sp³-hybridized carbons (Fsp3) is 0.200. The molecule has 3 aromatic rings. The standard InChI is InChI=1S/C20H21N5O2S/c1-13-7-6-10-16(14(13)2)22-19(27)23-20-25-24-18(28-20)11-17(26)21-12-15-8-4-3-5-9-15/h3-10H,11-12H2,1-2H3,(H,21,26)(H2,22,23,25,27). The molecule has 144 valence electrons. The zero-order chi connectivity index (χ0) is 19.9. The van der Waals surface area contributed by atoms with Crippen molar-refractivity contribution in [3.63, 3.8) is 0 Å². The van der Waals surface area contributed by atoms with E-state index in [-0.39, 0.29) is 12.3 Å². The molecule has 8 heteroatoms. The third kappa shape index (κ3) is 5.37. The van der Waals surface area contributed by atoms with Gasteiger partial charge in [-0.2, -0.15) is 0 Å². The van der Waals surface area contributed by atoms with Crippen molar-refractivity contribution in [3.8, 4) is 0 Å². The van der Waals surface area contributed by atoms with Crippen LogP contribution in [0, 0.1) is 13.8 Å². The van der Waals surface area contributed by atoms with E-state index in [1.165, 1.54) is 11.3 Å². The first-order chi connectivity index (χ1) is 13.5. The molecule has 0 unspecified atom stereocenters. The number of hydrogen-bond donors (Lipinski definition) is 3. The van der Waals surface area contributed by atoms with E-state index < -0.39 is 6.03 Å². The number of amides is 3. The molecule has 0 bridgehead atoms. The molecule has 3 rings (SSSR count). The minimum Gasteiger partial charge on any atom is -0.352 e. The van der Waals surface area contributed by atoms with Crippen LogP contribution in [0.5, 0.6) is 0 Å². The van der Waals surface area contributed by atoms with Gasteiger partial charge in [-0.3, -0.25) is 10.1 Å². The molecule has 0 fully saturated rings. The molecule has 1 heterocycles. The predicted octanol–water partition coefficient (Wildman–Crippen LogP) is 3.66. The van der Waals surface area contributed by atoms with E-state index in [9.17, 15) is 9.59 Å². The highest BCUT2D eigenvalue weighted by atomic mass is 32.1. The van der Waals surface area contributed by atoms with Crippen molar-refractivity contribution < 1.29 is 9.59 Å². The number of aromatic nitrogens is 2. The third-order valence-corrected chi connectivity index (χ3v) is 5.02. The SMILES string of the molecule is Cc1cccc(NC(=O)Nc2nnc(CC(=O)NCc3ccccc3)s2)c1C. The van der Waals surface area contributed by atoms with E-state index in [1.807, 2.05) is 62.4 Å². The minimum atomic E-state index is -0.398. The second-order valence-corrected chi connectivity index (χ2v) is 7.33. The van der Waals surface area contributed by atoms with Crippen molar-refractivity contribution in [1.82, 2.24) is 15.5 Å². The molecule has 0 atom stereocenters. The molecule has 0 aliphatic heterocycles. The van der Waals surface area contributed by atoms with Crippen molar-refractivity contribution in [2.45, 2.75) is 26.8 Å². The lowest BCUT2D eigenvalue weighted by Gasteiger charge is -2.09. The van der Waals surface area contributed by atoms with Gasteiger partial charge in [-0.1, -0.05) is 53.8 Å². The van der Waals surface area contributed by atoms with E-state index in [2.05, 4.69) is 26.1 Å². The van der Waals surface area contributed by atoms with Crippen LogP contribution >= 0.6 is 11.3 Å². The number of hydrogen-bond acceptors (Lipinski definition) is 5. The van der Waals surface area contributed by atoms with Crippen LogP contribution < -0.4 is 16.0 Å². The van der Waals surface area contributed by atoms with Gasteiger partial charge in [0.25, 0.3) is 0 Å². The van der Waals surface area contributed by atoms with Crippen LogP contribution in [0.4, 0.5) is 15.6 Å². The Morgan fingerprint density at radius 3 is 2.54 bits per heavy atom. The van der Waals surface area contributed by atoms with E-state index in [0.29, 0.717) is 16.7 Å². The summed E-state index contributed by atoms with van der Waals surface area (Å²) in [5.74, 6) is -0.147. The van der Waals surface area contributed by atoms with Crippen molar-refractivity contribution in [1.29, 1.82) is 0 Å². The van der Waals surface area contributed by atoms with Crippen LogP contribution in [0.3, 0.4) is 0 Å². The summed E-state index contributed by atoms with van der Waals surface area (Å²) >= 11 is 1.17. The summed E-state index contributed by atoms with van der Waals surface area (Å²) in [5, 5.41) is 17.1. The monoisotopic (exact) mass is 395 g/mol. The number of carbonyl (C=O) groups excluding carboxylic acids is 2. The Morgan fingerprint density at radius 2 is 1.75 bits per heavy atom. The Balaban J connectivity index is 1.50. The van der Waals surface area contributed by atoms with Crippen LogP contribution in [0.25, 0.3) is 0 Å². The Hall–Kier alpha value is -3.26. The molecule has 0 aliphatic carbocycles. The fourth-order valence-corrected chi connectivity index (χ4v) is 3.24. The highest BCUT2D eigenvalue weighted by Crippen LogP contribution is 2.19. The number of aryl methyl sites for hydroxylation is 1. The molecule has 3 N–H and O–H groups in total.